The maximum Gasteiger partial charge on any atom is 0.249 e. The van der Waals surface area contributed by atoms with Gasteiger partial charge in [-0.2, -0.15) is 0 Å². The predicted octanol–water partition coefficient (Wildman–Crippen LogP) is 3.64. The number of nitrogens with two attached hydrogens (primary N) is 1. The maximum absolute atomic E-state index is 12.5. The fourth-order valence-electron chi connectivity index (χ4n) is 2.28. The first-order valence-corrected chi connectivity index (χ1v) is 9.22. The topological polar surface area (TPSA) is 78.6 Å². The Kier molecular flexibility index (Phi) is 5.32. The van der Waals surface area contributed by atoms with E-state index in [4.69, 9.17) is 37.9 Å². The first kappa shape index (κ1) is 17.8. The molecule has 0 fully saturated rings. The van der Waals surface area contributed by atoms with Gasteiger partial charge in [0.25, 0.3) is 0 Å². The Morgan fingerprint density at radius 3 is 2.48 bits per heavy atom. The number of hydrogen-bond acceptors (Lipinski definition) is 5. The van der Waals surface area contributed by atoms with Gasteiger partial charge in [0.1, 0.15) is 0 Å². The standard InChI is InChI=1S/C17H13Cl2NO4S/c18-12-7-5-10(6-8-12)15-14(21)16(17(20)23-15)24-25(22)9-11-3-1-2-4-13(11)19/h1-8,15H,9,20H2. The van der Waals surface area contributed by atoms with Crippen molar-refractivity contribution in [1.29, 1.82) is 0 Å². The summed E-state index contributed by atoms with van der Waals surface area (Å²) in [5.74, 6) is -0.912. The van der Waals surface area contributed by atoms with Gasteiger partial charge < -0.3 is 14.7 Å². The van der Waals surface area contributed by atoms with E-state index in [0.717, 1.165) is 0 Å². The van der Waals surface area contributed by atoms with Crippen molar-refractivity contribution in [2.24, 2.45) is 5.73 Å². The number of carbonyl (C=O) groups excluding carboxylic acids is 1. The molecular weight excluding hydrogens is 385 g/mol. The number of ether oxygens (including phenoxy) is 1. The molecule has 2 unspecified atom stereocenters. The molecule has 130 valence electrons. The number of carbonyl (C=O) groups is 1. The van der Waals surface area contributed by atoms with Gasteiger partial charge in [-0.25, -0.2) is 4.21 Å². The van der Waals surface area contributed by atoms with Gasteiger partial charge in [-0.15, -0.1) is 0 Å². The highest BCUT2D eigenvalue weighted by atomic mass is 35.5. The van der Waals surface area contributed by atoms with Crippen LogP contribution in [0.1, 0.15) is 17.2 Å². The lowest BCUT2D eigenvalue weighted by atomic mass is 10.1. The van der Waals surface area contributed by atoms with Crippen LogP contribution in [0.2, 0.25) is 10.0 Å². The molecule has 0 spiro atoms. The van der Waals surface area contributed by atoms with Crippen molar-refractivity contribution in [2.45, 2.75) is 11.9 Å². The van der Waals surface area contributed by atoms with Crippen LogP contribution in [-0.4, -0.2) is 9.99 Å². The van der Waals surface area contributed by atoms with E-state index in [1.807, 2.05) is 0 Å². The van der Waals surface area contributed by atoms with Gasteiger partial charge in [-0.05, 0) is 23.8 Å². The molecule has 1 aliphatic heterocycles. The summed E-state index contributed by atoms with van der Waals surface area (Å²) in [4.78, 5) is 12.5. The molecule has 25 heavy (non-hydrogen) atoms. The third kappa shape index (κ3) is 3.98. The average Bonchev–Trinajstić information content (AvgIpc) is 2.86. The Hall–Kier alpha value is -2.02. The molecule has 3 rings (SSSR count). The van der Waals surface area contributed by atoms with E-state index in [1.54, 1.807) is 48.5 Å². The third-order valence-corrected chi connectivity index (χ3v) is 5.03. The van der Waals surface area contributed by atoms with Gasteiger partial charge in [-0.1, -0.05) is 53.5 Å². The summed E-state index contributed by atoms with van der Waals surface area (Å²) in [6, 6.07) is 13.5. The zero-order valence-electron chi connectivity index (χ0n) is 12.8. The molecule has 2 aromatic rings. The fraction of sp³-hybridized carbons (Fsp3) is 0.118. The van der Waals surface area contributed by atoms with Gasteiger partial charge >= 0.3 is 0 Å². The van der Waals surface area contributed by atoms with Crippen LogP contribution in [0.5, 0.6) is 0 Å². The quantitative estimate of drug-likeness (QED) is 0.832. The molecule has 2 aromatic carbocycles. The van der Waals surface area contributed by atoms with Crippen LogP contribution in [-0.2, 0) is 30.5 Å². The lowest BCUT2D eigenvalue weighted by Gasteiger charge is -2.09. The van der Waals surface area contributed by atoms with Gasteiger partial charge in [-0.3, -0.25) is 4.79 Å². The molecule has 1 aliphatic rings. The largest absolute Gasteiger partial charge is 0.460 e. The van der Waals surface area contributed by atoms with Gasteiger partial charge in [0, 0.05) is 15.6 Å². The number of ketones is 1. The molecule has 0 bridgehead atoms. The van der Waals surface area contributed by atoms with Crippen LogP contribution >= 0.6 is 23.2 Å². The Morgan fingerprint density at radius 1 is 1.12 bits per heavy atom. The third-order valence-electron chi connectivity index (χ3n) is 3.51. The Labute approximate surface area is 157 Å². The highest BCUT2D eigenvalue weighted by Crippen LogP contribution is 2.32. The fourth-order valence-corrected chi connectivity index (χ4v) is 3.60. The van der Waals surface area contributed by atoms with Crippen LogP contribution in [0.15, 0.2) is 60.2 Å². The molecular formula is C17H13Cl2NO4S. The second-order valence-corrected chi connectivity index (χ2v) is 7.14. The zero-order valence-corrected chi connectivity index (χ0v) is 15.1. The monoisotopic (exact) mass is 397 g/mol. The van der Waals surface area contributed by atoms with Crippen molar-refractivity contribution in [1.82, 2.24) is 0 Å². The van der Waals surface area contributed by atoms with E-state index in [1.165, 1.54) is 0 Å². The molecule has 5 nitrogen and oxygen atoms in total. The van der Waals surface area contributed by atoms with Crippen molar-refractivity contribution < 1.29 is 17.9 Å². The maximum atomic E-state index is 12.5. The van der Waals surface area contributed by atoms with E-state index in [0.29, 0.717) is 21.2 Å². The lowest BCUT2D eigenvalue weighted by Crippen LogP contribution is -2.13. The Balaban J connectivity index is 1.71. The lowest BCUT2D eigenvalue weighted by molar-refractivity contribution is -0.123. The van der Waals surface area contributed by atoms with Gasteiger partial charge in [0.2, 0.25) is 28.5 Å². The van der Waals surface area contributed by atoms with E-state index in [9.17, 15) is 9.00 Å². The van der Waals surface area contributed by atoms with Crippen LogP contribution < -0.4 is 5.73 Å². The Bertz CT molecular complexity index is 867. The van der Waals surface area contributed by atoms with E-state index in [2.05, 4.69) is 0 Å². The summed E-state index contributed by atoms with van der Waals surface area (Å²) in [5.41, 5.74) is 6.94. The molecule has 0 amide bonds. The average molecular weight is 398 g/mol. The number of hydrogen-bond donors (Lipinski definition) is 1. The number of benzene rings is 2. The van der Waals surface area contributed by atoms with Crippen molar-refractivity contribution in [3.63, 3.8) is 0 Å². The van der Waals surface area contributed by atoms with Crippen LogP contribution in [0.4, 0.5) is 0 Å². The molecule has 2 N–H and O–H groups in total. The molecule has 0 aliphatic carbocycles. The number of Topliss-reactive ketones (excluding diaryl/α,β-unsaturated/α-hetero) is 1. The zero-order chi connectivity index (χ0) is 18.0. The van der Waals surface area contributed by atoms with Gasteiger partial charge in [0.05, 0.1) is 5.75 Å². The van der Waals surface area contributed by atoms with Crippen molar-refractivity contribution in [3.05, 3.63) is 81.3 Å². The number of halogens is 2. The minimum Gasteiger partial charge on any atom is -0.460 e. The molecule has 0 saturated carbocycles. The number of rotatable bonds is 5. The predicted molar refractivity (Wildman–Crippen MR) is 95.9 cm³/mol. The summed E-state index contributed by atoms with van der Waals surface area (Å²) in [6.07, 6.45) is -0.940. The van der Waals surface area contributed by atoms with Crippen molar-refractivity contribution >= 4 is 40.1 Å². The van der Waals surface area contributed by atoms with Gasteiger partial charge in [0.15, 0.2) is 6.10 Å². The normalized spacial score (nSPS) is 18.2. The molecule has 0 aromatic heterocycles. The summed E-state index contributed by atoms with van der Waals surface area (Å²) >= 11 is 10.0. The van der Waals surface area contributed by atoms with Crippen LogP contribution in [0.3, 0.4) is 0 Å². The highest BCUT2D eigenvalue weighted by molar-refractivity contribution is 7.79. The first-order valence-electron chi connectivity index (χ1n) is 7.22. The summed E-state index contributed by atoms with van der Waals surface area (Å²) in [7, 11) is 0. The molecule has 8 heteroatoms. The van der Waals surface area contributed by atoms with Crippen molar-refractivity contribution in [2.75, 3.05) is 0 Å². The molecule has 0 radical (unpaired) electrons. The minimum atomic E-state index is -1.83. The summed E-state index contributed by atoms with van der Waals surface area (Å²) < 4.78 is 22.8. The van der Waals surface area contributed by atoms with E-state index >= 15 is 0 Å². The minimum absolute atomic E-state index is 0.0232. The summed E-state index contributed by atoms with van der Waals surface area (Å²) in [6.45, 7) is 0. The highest BCUT2D eigenvalue weighted by Gasteiger charge is 2.38. The van der Waals surface area contributed by atoms with E-state index in [-0.39, 0.29) is 17.4 Å². The second-order valence-electron chi connectivity index (χ2n) is 5.23. The first-order chi connectivity index (χ1) is 12.0. The molecule has 2 atom stereocenters. The SMILES string of the molecule is NC1=C(OS(=O)Cc2ccccc2Cl)C(=O)C(c2ccc(Cl)cc2)O1. The van der Waals surface area contributed by atoms with Crippen LogP contribution in [0, 0.1) is 0 Å². The van der Waals surface area contributed by atoms with E-state index < -0.39 is 23.0 Å². The Morgan fingerprint density at radius 2 is 1.80 bits per heavy atom. The molecule has 1 heterocycles. The van der Waals surface area contributed by atoms with Crippen LogP contribution in [0.25, 0.3) is 0 Å². The van der Waals surface area contributed by atoms with Crippen molar-refractivity contribution in [3.8, 4) is 0 Å². The summed E-state index contributed by atoms with van der Waals surface area (Å²) in [5, 5.41) is 1.00. The second kappa shape index (κ2) is 7.47. The smallest absolute Gasteiger partial charge is 0.249 e. The molecule has 0 saturated heterocycles.